The first-order chi connectivity index (χ1) is 18.0. The zero-order chi connectivity index (χ0) is 27.3. The van der Waals surface area contributed by atoms with E-state index in [0.29, 0.717) is 11.3 Å². The van der Waals surface area contributed by atoms with Gasteiger partial charge in [0.15, 0.2) is 0 Å². The average molecular weight is 532 g/mol. The Morgan fingerprint density at radius 2 is 1.42 bits per heavy atom. The van der Waals surface area contributed by atoms with Crippen LogP contribution in [0.4, 0.5) is 4.79 Å². The van der Waals surface area contributed by atoms with E-state index in [4.69, 9.17) is 9.47 Å². The Labute approximate surface area is 222 Å². The van der Waals surface area contributed by atoms with E-state index in [2.05, 4.69) is 15.0 Å². The molecule has 4 aromatic rings. The van der Waals surface area contributed by atoms with Crippen LogP contribution >= 0.6 is 0 Å². The van der Waals surface area contributed by atoms with E-state index in [1.165, 1.54) is 6.07 Å². The molecule has 1 aromatic heterocycles. The summed E-state index contributed by atoms with van der Waals surface area (Å²) in [6.45, 7) is 5.27. The Bertz CT molecular complexity index is 1530. The number of sulfonamides is 1. The van der Waals surface area contributed by atoms with Crippen LogP contribution < -0.4 is 19.5 Å². The largest absolute Gasteiger partial charge is 0.497 e. The van der Waals surface area contributed by atoms with E-state index in [1.54, 1.807) is 70.6 Å². The molecule has 0 bridgehead atoms. The number of pyridine rings is 1. The van der Waals surface area contributed by atoms with Gasteiger partial charge in [-0.2, -0.15) is 0 Å². The first-order valence-electron chi connectivity index (χ1n) is 11.9. The van der Waals surface area contributed by atoms with E-state index in [0.717, 1.165) is 22.4 Å². The summed E-state index contributed by atoms with van der Waals surface area (Å²) >= 11 is 0. The highest BCUT2D eigenvalue weighted by Crippen LogP contribution is 2.34. The van der Waals surface area contributed by atoms with Crippen molar-refractivity contribution in [3.8, 4) is 39.5 Å². The highest BCUT2D eigenvalue weighted by molar-refractivity contribution is 7.90. The van der Waals surface area contributed by atoms with Crippen molar-refractivity contribution in [1.82, 2.24) is 15.0 Å². The molecule has 9 heteroatoms. The Kier molecular flexibility index (Phi) is 7.68. The summed E-state index contributed by atoms with van der Waals surface area (Å²) in [6, 6.07) is 22.4. The molecule has 0 saturated carbocycles. The lowest BCUT2D eigenvalue weighted by Gasteiger charge is -2.21. The molecule has 8 nitrogen and oxygen atoms in total. The van der Waals surface area contributed by atoms with Gasteiger partial charge < -0.3 is 14.8 Å². The summed E-state index contributed by atoms with van der Waals surface area (Å²) in [5.74, 6) is 1.25. The molecule has 0 aliphatic heterocycles. The van der Waals surface area contributed by atoms with E-state index in [-0.39, 0.29) is 10.6 Å². The first-order valence-corrected chi connectivity index (χ1v) is 13.3. The number of hydrogen-bond acceptors (Lipinski definition) is 6. The minimum Gasteiger partial charge on any atom is -0.497 e. The molecule has 2 amide bonds. The second-order valence-corrected chi connectivity index (χ2v) is 11.2. The molecule has 0 saturated heterocycles. The molecule has 196 valence electrons. The minimum absolute atomic E-state index is 0.0748. The van der Waals surface area contributed by atoms with Gasteiger partial charge >= 0.3 is 6.03 Å². The highest BCUT2D eigenvalue weighted by Gasteiger charge is 2.25. The van der Waals surface area contributed by atoms with Crippen molar-refractivity contribution in [1.29, 1.82) is 0 Å². The molecule has 0 aliphatic carbocycles. The third-order valence-electron chi connectivity index (χ3n) is 5.45. The Balaban J connectivity index is 1.71. The standard InChI is InChI=1S/C29H29N3O5S/c1-29(2,3)31-28(33)32-38(34,35)27-19-23(21-14-16-30-17-15-21)10-13-26(27)37-25-7-5-6-22(18-25)20-8-11-24(36-4)12-9-20/h5-19H,1-4H3,(H2,31,32,33). The lowest BCUT2D eigenvalue weighted by molar-refractivity contribution is 0.237. The Morgan fingerprint density at radius 3 is 2.08 bits per heavy atom. The van der Waals surface area contributed by atoms with E-state index < -0.39 is 21.6 Å². The van der Waals surface area contributed by atoms with E-state index in [9.17, 15) is 13.2 Å². The number of urea groups is 1. The molecule has 2 N–H and O–H groups in total. The molecule has 0 aliphatic rings. The van der Waals surface area contributed by atoms with Gasteiger partial charge in [0.25, 0.3) is 10.0 Å². The Hall–Kier alpha value is -4.37. The molecule has 0 atom stereocenters. The number of nitrogens with zero attached hydrogens (tertiary/aromatic N) is 1. The molecule has 3 aromatic carbocycles. The number of nitrogens with one attached hydrogen (secondary N) is 2. The minimum atomic E-state index is -4.30. The quantitative estimate of drug-likeness (QED) is 0.303. The third-order valence-corrected chi connectivity index (χ3v) is 6.80. The predicted octanol–water partition coefficient (Wildman–Crippen LogP) is 6.00. The summed E-state index contributed by atoms with van der Waals surface area (Å²) in [5.41, 5.74) is 2.59. The van der Waals surface area contributed by atoms with Crippen LogP contribution in [0.5, 0.6) is 17.2 Å². The fourth-order valence-electron chi connectivity index (χ4n) is 3.72. The van der Waals surface area contributed by atoms with Crippen LogP contribution in [-0.2, 0) is 10.0 Å². The number of benzene rings is 3. The molecule has 1 heterocycles. The topological polar surface area (TPSA) is 107 Å². The van der Waals surface area contributed by atoms with Crippen molar-refractivity contribution in [2.45, 2.75) is 31.2 Å². The van der Waals surface area contributed by atoms with Crippen LogP contribution in [0, 0.1) is 0 Å². The predicted molar refractivity (Wildman–Crippen MR) is 147 cm³/mol. The molecule has 0 radical (unpaired) electrons. The third kappa shape index (κ3) is 6.68. The SMILES string of the molecule is COc1ccc(-c2cccc(Oc3ccc(-c4ccncc4)cc3S(=O)(=O)NC(=O)NC(C)(C)C)c2)cc1. The van der Waals surface area contributed by atoms with Crippen LogP contribution in [0.3, 0.4) is 0 Å². The molecule has 0 spiro atoms. The summed E-state index contributed by atoms with van der Waals surface area (Å²) in [5, 5.41) is 2.61. The molecule has 38 heavy (non-hydrogen) atoms. The van der Waals surface area contributed by atoms with Crippen LogP contribution in [0.25, 0.3) is 22.3 Å². The number of carbonyl (C=O) groups is 1. The summed E-state index contributed by atoms with van der Waals surface area (Å²) < 4.78 is 40.2. The Morgan fingerprint density at radius 1 is 0.789 bits per heavy atom. The van der Waals surface area contributed by atoms with Gasteiger partial charge in [-0.15, -0.1) is 0 Å². The van der Waals surface area contributed by atoms with Crippen LogP contribution in [0.2, 0.25) is 0 Å². The molecular formula is C29H29N3O5S. The number of hydrogen-bond donors (Lipinski definition) is 2. The maximum atomic E-state index is 13.4. The zero-order valence-corrected chi connectivity index (χ0v) is 22.4. The van der Waals surface area contributed by atoms with Gasteiger partial charge in [-0.1, -0.05) is 30.3 Å². The van der Waals surface area contributed by atoms with Gasteiger partial charge in [0.2, 0.25) is 0 Å². The fourth-order valence-corrected chi connectivity index (χ4v) is 4.78. The van der Waals surface area contributed by atoms with Crippen molar-refractivity contribution in [3.05, 3.63) is 91.3 Å². The van der Waals surface area contributed by atoms with Crippen molar-refractivity contribution in [3.63, 3.8) is 0 Å². The van der Waals surface area contributed by atoms with Gasteiger partial charge in [0.05, 0.1) is 7.11 Å². The lowest BCUT2D eigenvalue weighted by Crippen LogP contribution is -2.48. The van der Waals surface area contributed by atoms with Crippen molar-refractivity contribution in [2.75, 3.05) is 7.11 Å². The zero-order valence-electron chi connectivity index (χ0n) is 21.6. The second kappa shape index (κ2) is 10.9. The van der Waals surface area contributed by atoms with Crippen molar-refractivity contribution in [2.24, 2.45) is 0 Å². The number of methoxy groups -OCH3 is 1. The van der Waals surface area contributed by atoms with E-state index in [1.807, 2.05) is 42.5 Å². The van der Waals surface area contributed by atoms with Crippen molar-refractivity contribution >= 4 is 16.1 Å². The maximum Gasteiger partial charge on any atom is 0.329 e. The second-order valence-electron chi connectivity index (χ2n) is 9.57. The van der Waals surface area contributed by atoms with Crippen LogP contribution in [0.1, 0.15) is 20.8 Å². The summed E-state index contributed by atoms with van der Waals surface area (Å²) in [6.07, 6.45) is 3.24. The highest BCUT2D eigenvalue weighted by atomic mass is 32.2. The van der Waals surface area contributed by atoms with Gasteiger partial charge in [0.1, 0.15) is 22.1 Å². The molecule has 0 unspecified atom stereocenters. The average Bonchev–Trinajstić information content (AvgIpc) is 2.88. The monoisotopic (exact) mass is 531 g/mol. The van der Waals surface area contributed by atoms with E-state index >= 15 is 0 Å². The van der Waals surface area contributed by atoms with Gasteiger partial charge in [-0.05, 0) is 91.6 Å². The number of amides is 2. The fraction of sp³-hybridized carbons (Fsp3) is 0.172. The molecular weight excluding hydrogens is 502 g/mol. The first kappa shape index (κ1) is 26.7. The maximum absolute atomic E-state index is 13.4. The van der Waals surface area contributed by atoms with Gasteiger partial charge in [0, 0.05) is 17.9 Å². The molecule has 0 fully saturated rings. The summed E-state index contributed by atoms with van der Waals surface area (Å²) in [4.78, 5) is 16.3. The van der Waals surface area contributed by atoms with Crippen LogP contribution in [0.15, 0.2) is 96.2 Å². The number of rotatable bonds is 7. The molecule has 4 rings (SSSR count). The van der Waals surface area contributed by atoms with Crippen molar-refractivity contribution < 1.29 is 22.7 Å². The number of ether oxygens (including phenoxy) is 2. The smallest absolute Gasteiger partial charge is 0.329 e. The normalized spacial score (nSPS) is 11.5. The van der Waals surface area contributed by atoms with Gasteiger partial charge in [-0.25, -0.2) is 17.9 Å². The lowest BCUT2D eigenvalue weighted by atomic mass is 10.1. The number of aromatic nitrogens is 1. The van der Waals surface area contributed by atoms with Gasteiger partial charge in [-0.3, -0.25) is 4.98 Å². The summed E-state index contributed by atoms with van der Waals surface area (Å²) in [7, 11) is -2.69. The number of carbonyl (C=O) groups excluding carboxylic acids is 1. The van der Waals surface area contributed by atoms with Crippen LogP contribution in [-0.4, -0.2) is 32.1 Å².